The van der Waals surface area contributed by atoms with E-state index in [0.29, 0.717) is 11.3 Å². The van der Waals surface area contributed by atoms with Crippen molar-refractivity contribution in [2.75, 3.05) is 7.05 Å². The second kappa shape index (κ2) is 5.36. The third-order valence-electron chi connectivity index (χ3n) is 2.55. The van der Waals surface area contributed by atoms with E-state index in [-0.39, 0.29) is 5.75 Å². The highest BCUT2D eigenvalue weighted by atomic mass is 16.5. The van der Waals surface area contributed by atoms with Crippen molar-refractivity contribution in [3.63, 3.8) is 0 Å². The fraction of sp³-hybridized carbons (Fsp3) is 0.133. The van der Waals surface area contributed by atoms with Gasteiger partial charge in [-0.1, -0.05) is 18.2 Å². The molecule has 18 heavy (non-hydrogen) atoms. The van der Waals surface area contributed by atoms with E-state index in [4.69, 9.17) is 4.74 Å². The predicted octanol–water partition coefficient (Wildman–Crippen LogP) is 3.54. The van der Waals surface area contributed by atoms with E-state index in [1.54, 1.807) is 25.4 Å². The third-order valence-corrected chi connectivity index (χ3v) is 2.55. The SMILES string of the molecule is CN=Cc1cc(Oc2ccccc2)cc(C)c1O. The van der Waals surface area contributed by atoms with Gasteiger partial charge in [-0.25, -0.2) is 0 Å². The molecule has 0 aromatic heterocycles. The number of phenols is 1. The first-order valence-electron chi connectivity index (χ1n) is 5.69. The molecule has 0 aliphatic heterocycles. The van der Waals surface area contributed by atoms with Crippen molar-refractivity contribution in [2.45, 2.75) is 6.92 Å². The summed E-state index contributed by atoms with van der Waals surface area (Å²) in [6.07, 6.45) is 1.61. The van der Waals surface area contributed by atoms with Crippen molar-refractivity contribution in [3.05, 3.63) is 53.6 Å². The monoisotopic (exact) mass is 241 g/mol. The van der Waals surface area contributed by atoms with Crippen LogP contribution in [0.5, 0.6) is 17.2 Å². The number of rotatable bonds is 3. The molecule has 2 aromatic rings. The van der Waals surface area contributed by atoms with Gasteiger partial charge in [0.25, 0.3) is 0 Å². The van der Waals surface area contributed by atoms with Gasteiger partial charge in [0.1, 0.15) is 17.2 Å². The quantitative estimate of drug-likeness (QED) is 0.835. The maximum absolute atomic E-state index is 9.87. The predicted molar refractivity (Wildman–Crippen MR) is 72.9 cm³/mol. The van der Waals surface area contributed by atoms with Gasteiger partial charge in [-0.15, -0.1) is 0 Å². The molecule has 3 nitrogen and oxygen atoms in total. The van der Waals surface area contributed by atoms with Crippen LogP contribution in [-0.2, 0) is 0 Å². The summed E-state index contributed by atoms with van der Waals surface area (Å²) in [4.78, 5) is 3.92. The van der Waals surface area contributed by atoms with Crippen LogP contribution in [0.4, 0.5) is 0 Å². The zero-order valence-electron chi connectivity index (χ0n) is 10.4. The maximum atomic E-state index is 9.87. The summed E-state index contributed by atoms with van der Waals surface area (Å²) < 4.78 is 5.73. The molecule has 0 bridgehead atoms. The summed E-state index contributed by atoms with van der Waals surface area (Å²) >= 11 is 0. The summed E-state index contributed by atoms with van der Waals surface area (Å²) in [7, 11) is 1.67. The van der Waals surface area contributed by atoms with Gasteiger partial charge in [-0.05, 0) is 36.8 Å². The number of aryl methyl sites for hydroxylation is 1. The van der Waals surface area contributed by atoms with E-state index in [2.05, 4.69) is 4.99 Å². The second-order valence-corrected chi connectivity index (χ2v) is 3.98. The molecule has 0 saturated heterocycles. The van der Waals surface area contributed by atoms with E-state index in [1.807, 2.05) is 37.3 Å². The van der Waals surface area contributed by atoms with Gasteiger partial charge in [0.2, 0.25) is 0 Å². The summed E-state index contributed by atoms with van der Waals surface area (Å²) in [6.45, 7) is 1.83. The maximum Gasteiger partial charge on any atom is 0.128 e. The number of phenolic OH excluding ortho intramolecular Hbond substituents is 1. The number of aliphatic imine (C=N–C) groups is 1. The van der Waals surface area contributed by atoms with Crippen molar-refractivity contribution in [1.82, 2.24) is 0 Å². The van der Waals surface area contributed by atoms with Crippen LogP contribution < -0.4 is 4.74 Å². The number of aromatic hydroxyl groups is 1. The van der Waals surface area contributed by atoms with Crippen LogP contribution >= 0.6 is 0 Å². The van der Waals surface area contributed by atoms with Crippen LogP contribution in [-0.4, -0.2) is 18.4 Å². The molecule has 2 rings (SSSR count). The molecule has 0 fully saturated rings. The van der Waals surface area contributed by atoms with Crippen LogP contribution in [0.2, 0.25) is 0 Å². The number of benzene rings is 2. The number of para-hydroxylation sites is 1. The Morgan fingerprint density at radius 2 is 1.83 bits per heavy atom. The standard InChI is InChI=1S/C15H15NO2/c1-11-8-14(9-12(10-16-2)15(11)17)18-13-6-4-3-5-7-13/h3-10,17H,1-2H3. The van der Waals surface area contributed by atoms with Crippen molar-refractivity contribution >= 4 is 6.21 Å². The van der Waals surface area contributed by atoms with Crippen molar-refractivity contribution in [1.29, 1.82) is 0 Å². The topological polar surface area (TPSA) is 41.8 Å². The fourth-order valence-electron chi connectivity index (χ4n) is 1.69. The van der Waals surface area contributed by atoms with E-state index < -0.39 is 0 Å². The zero-order valence-corrected chi connectivity index (χ0v) is 10.4. The van der Waals surface area contributed by atoms with Crippen LogP contribution in [0, 0.1) is 6.92 Å². The molecule has 92 valence electrons. The molecule has 2 aromatic carbocycles. The Hall–Kier alpha value is -2.29. The summed E-state index contributed by atoms with van der Waals surface area (Å²) in [5.74, 6) is 1.69. The van der Waals surface area contributed by atoms with Gasteiger partial charge in [-0.3, -0.25) is 4.99 Å². The van der Waals surface area contributed by atoms with Crippen molar-refractivity contribution in [3.8, 4) is 17.2 Å². The van der Waals surface area contributed by atoms with Gasteiger partial charge in [0.15, 0.2) is 0 Å². The van der Waals surface area contributed by atoms with Crippen molar-refractivity contribution < 1.29 is 9.84 Å². The molecule has 3 heteroatoms. The van der Waals surface area contributed by atoms with Gasteiger partial charge in [-0.2, -0.15) is 0 Å². The number of hydrogen-bond donors (Lipinski definition) is 1. The first-order valence-corrected chi connectivity index (χ1v) is 5.69. The third kappa shape index (κ3) is 2.69. The van der Waals surface area contributed by atoms with E-state index in [9.17, 15) is 5.11 Å². The Morgan fingerprint density at radius 1 is 1.11 bits per heavy atom. The van der Waals surface area contributed by atoms with Gasteiger partial charge >= 0.3 is 0 Å². The summed E-state index contributed by atoms with van der Waals surface area (Å²) in [6, 6.07) is 13.1. The number of hydrogen-bond acceptors (Lipinski definition) is 3. The fourth-order valence-corrected chi connectivity index (χ4v) is 1.69. The number of nitrogens with zero attached hydrogens (tertiary/aromatic N) is 1. The lowest BCUT2D eigenvalue weighted by atomic mass is 10.1. The lowest BCUT2D eigenvalue weighted by Crippen LogP contribution is -1.90. The molecule has 1 N–H and O–H groups in total. The highest BCUT2D eigenvalue weighted by Gasteiger charge is 2.06. The highest BCUT2D eigenvalue weighted by molar-refractivity contribution is 5.84. The Labute approximate surface area is 106 Å². The molecule has 0 heterocycles. The Balaban J connectivity index is 2.34. The van der Waals surface area contributed by atoms with Crippen molar-refractivity contribution in [2.24, 2.45) is 4.99 Å². The lowest BCUT2D eigenvalue weighted by molar-refractivity contribution is 0.459. The molecule has 0 amide bonds. The Morgan fingerprint density at radius 3 is 2.50 bits per heavy atom. The Bertz CT molecular complexity index is 562. The highest BCUT2D eigenvalue weighted by Crippen LogP contribution is 2.29. The van der Waals surface area contributed by atoms with Crippen LogP contribution in [0.15, 0.2) is 47.5 Å². The minimum absolute atomic E-state index is 0.237. The molecule has 0 aliphatic rings. The van der Waals surface area contributed by atoms with Gasteiger partial charge in [0.05, 0.1) is 0 Å². The second-order valence-electron chi connectivity index (χ2n) is 3.98. The first kappa shape index (κ1) is 12.2. The minimum Gasteiger partial charge on any atom is -0.507 e. The molecule has 0 spiro atoms. The van der Waals surface area contributed by atoms with Gasteiger partial charge < -0.3 is 9.84 Å². The zero-order chi connectivity index (χ0) is 13.0. The van der Waals surface area contributed by atoms with E-state index >= 15 is 0 Å². The molecule has 0 radical (unpaired) electrons. The van der Waals surface area contributed by atoms with Crippen LogP contribution in [0.3, 0.4) is 0 Å². The molecular formula is C15H15NO2. The largest absolute Gasteiger partial charge is 0.507 e. The number of ether oxygens (including phenoxy) is 1. The molecule has 0 atom stereocenters. The first-order chi connectivity index (χ1) is 8.70. The molecule has 0 unspecified atom stereocenters. The summed E-state index contributed by atoms with van der Waals surface area (Å²) in [5, 5.41) is 9.87. The average Bonchev–Trinajstić information content (AvgIpc) is 2.37. The van der Waals surface area contributed by atoms with Gasteiger partial charge in [0, 0.05) is 18.8 Å². The van der Waals surface area contributed by atoms with Crippen LogP contribution in [0.25, 0.3) is 0 Å². The normalized spacial score (nSPS) is 10.8. The Kier molecular flexibility index (Phi) is 3.63. The van der Waals surface area contributed by atoms with E-state index in [0.717, 1.165) is 11.3 Å². The summed E-state index contributed by atoms with van der Waals surface area (Å²) in [5.41, 5.74) is 1.42. The average molecular weight is 241 g/mol. The molecule has 0 saturated carbocycles. The van der Waals surface area contributed by atoms with E-state index in [1.165, 1.54) is 0 Å². The van der Waals surface area contributed by atoms with Crippen LogP contribution in [0.1, 0.15) is 11.1 Å². The smallest absolute Gasteiger partial charge is 0.128 e. The lowest BCUT2D eigenvalue weighted by Gasteiger charge is -2.09. The minimum atomic E-state index is 0.237. The molecule has 0 aliphatic carbocycles. The molecular weight excluding hydrogens is 226 g/mol.